The maximum Gasteiger partial charge on any atom is 0.316 e. The van der Waals surface area contributed by atoms with Gasteiger partial charge in [-0.3, -0.25) is 14.4 Å². The Hall–Kier alpha value is -2.37. The Morgan fingerprint density at radius 2 is 2.12 bits per heavy atom. The van der Waals surface area contributed by atoms with E-state index >= 15 is 0 Å². The van der Waals surface area contributed by atoms with E-state index in [1.165, 1.54) is 30.3 Å². The first-order valence-electron chi connectivity index (χ1n) is 9.55. The van der Waals surface area contributed by atoms with Gasteiger partial charge in [-0.25, -0.2) is 0 Å². The minimum atomic E-state index is -0.660. The van der Waals surface area contributed by atoms with E-state index in [0.717, 1.165) is 11.8 Å². The highest BCUT2D eigenvalue weighted by Gasteiger charge is 2.42. The number of rotatable bonds is 4. The normalized spacial score (nSPS) is 25.5. The maximum atomic E-state index is 12.7. The first-order chi connectivity index (χ1) is 12.5. The third kappa shape index (κ3) is 2.77. The van der Waals surface area contributed by atoms with Gasteiger partial charge in [0.05, 0.1) is 11.0 Å². The minimum Gasteiger partial charge on any atom is -0.349 e. The molecule has 1 aromatic carbocycles. The predicted octanol–water partition coefficient (Wildman–Crippen LogP) is 2.26. The van der Waals surface area contributed by atoms with E-state index in [1.54, 1.807) is 18.2 Å². The van der Waals surface area contributed by atoms with Crippen molar-refractivity contribution in [1.82, 2.24) is 14.9 Å². The zero-order valence-corrected chi connectivity index (χ0v) is 15.2. The van der Waals surface area contributed by atoms with Crippen LogP contribution in [0.4, 0.5) is 0 Å². The van der Waals surface area contributed by atoms with Crippen molar-refractivity contribution < 1.29 is 4.79 Å². The third-order valence-corrected chi connectivity index (χ3v) is 6.35. The first kappa shape index (κ1) is 17.1. The van der Waals surface area contributed by atoms with Crippen LogP contribution in [0, 0.1) is 17.8 Å². The SMILES string of the molecule is CCn1c(=O)c(=O)[nH]c2cc(C(=O)N[C@@H](C)[C@@H]3C[C@H]4CC[C@H]3C4)ccc21. The molecule has 2 aliphatic carbocycles. The zero-order chi connectivity index (χ0) is 18.4. The number of benzene rings is 1. The van der Waals surface area contributed by atoms with Crippen molar-refractivity contribution in [3.05, 3.63) is 44.5 Å². The molecule has 2 bridgehead atoms. The molecule has 1 aromatic heterocycles. The molecule has 138 valence electrons. The van der Waals surface area contributed by atoms with E-state index < -0.39 is 11.1 Å². The summed E-state index contributed by atoms with van der Waals surface area (Å²) in [4.78, 5) is 39.0. The van der Waals surface area contributed by atoms with Gasteiger partial charge in [-0.1, -0.05) is 6.42 Å². The second-order valence-corrected chi connectivity index (χ2v) is 7.84. The van der Waals surface area contributed by atoms with Gasteiger partial charge < -0.3 is 14.9 Å². The Labute approximate surface area is 151 Å². The summed E-state index contributed by atoms with van der Waals surface area (Å²) in [5, 5.41) is 3.14. The quantitative estimate of drug-likeness (QED) is 0.825. The van der Waals surface area contributed by atoms with Crippen molar-refractivity contribution in [3.63, 3.8) is 0 Å². The molecule has 0 unspecified atom stereocenters. The van der Waals surface area contributed by atoms with E-state index in [1.807, 2.05) is 6.92 Å². The van der Waals surface area contributed by atoms with Gasteiger partial charge in [0.1, 0.15) is 0 Å². The monoisotopic (exact) mass is 355 g/mol. The number of aryl methyl sites for hydroxylation is 1. The minimum absolute atomic E-state index is 0.128. The Bertz CT molecular complexity index is 974. The van der Waals surface area contributed by atoms with E-state index in [4.69, 9.17) is 0 Å². The number of carbonyl (C=O) groups is 1. The second kappa shape index (κ2) is 6.41. The first-order valence-corrected chi connectivity index (χ1v) is 9.55. The average molecular weight is 355 g/mol. The van der Waals surface area contributed by atoms with E-state index in [2.05, 4.69) is 17.2 Å². The molecule has 0 spiro atoms. The van der Waals surface area contributed by atoms with Gasteiger partial charge >= 0.3 is 11.1 Å². The van der Waals surface area contributed by atoms with Crippen LogP contribution >= 0.6 is 0 Å². The van der Waals surface area contributed by atoms with Crippen LogP contribution in [-0.4, -0.2) is 21.5 Å². The smallest absolute Gasteiger partial charge is 0.316 e. The molecule has 0 saturated heterocycles. The number of nitrogens with zero attached hydrogens (tertiary/aromatic N) is 1. The summed E-state index contributed by atoms with van der Waals surface area (Å²) in [6.45, 7) is 4.32. The average Bonchev–Trinajstić information content (AvgIpc) is 3.26. The summed E-state index contributed by atoms with van der Waals surface area (Å²) < 4.78 is 1.42. The number of aromatic nitrogens is 2. The number of fused-ring (bicyclic) bond motifs is 3. The van der Waals surface area contributed by atoms with Crippen LogP contribution < -0.4 is 16.4 Å². The Balaban J connectivity index is 1.58. The summed E-state index contributed by atoms with van der Waals surface area (Å²) in [6, 6.07) is 5.25. The summed E-state index contributed by atoms with van der Waals surface area (Å²) in [6.07, 6.45) is 5.18. The fraction of sp³-hybridized carbons (Fsp3) is 0.550. The lowest BCUT2D eigenvalue weighted by Gasteiger charge is -2.28. The molecule has 2 saturated carbocycles. The molecule has 4 atom stereocenters. The Kier molecular flexibility index (Phi) is 4.21. The number of H-pyrrole nitrogens is 1. The number of hydrogen-bond acceptors (Lipinski definition) is 3. The molecule has 0 aliphatic heterocycles. The maximum absolute atomic E-state index is 12.7. The molecular weight excluding hydrogens is 330 g/mol. The second-order valence-electron chi connectivity index (χ2n) is 7.84. The molecule has 2 aromatic rings. The van der Waals surface area contributed by atoms with Crippen LogP contribution in [0.25, 0.3) is 11.0 Å². The topological polar surface area (TPSA) is 84.0 Å². The molecular formula is C20H25N3O3. The molecule has 0 radical (unpaired) electrons. The van der Waals surface area contributed by atoms with Crippen LogP contribution in [0.1, 0.15) is 49.9 Å². The van der Waals surface area contributed by atoms with Crippen LogP contribution in [-0.2, 0) is 6.54 Å². The zero-order valence-electron chi connectivity index (χ0n) is 15.2. The lowest BCUT2D eigenvalue weighted by molar-refractivity contribution is 0.0915. The number of carbonyl (C=O) groups excluding carboxylic acids is 1. The predicted molar refractivity (Wildman–Crippen MR) is 100 cm³/mol. The van der Waals surface area contributed by atoms with Gasteiger partial charge in [0.2, 0.25) is 0 Å². The van der Waals surface area contributed by atoms with E-state index in [0.29, 0.717) is 29.1 Å². The van der Waals surface area contributed by atoms with Crippen molar-refractivity contribution in [1.29, 1.82) is 0 Å². The largest absolute Gasteiger partial charge is 0.349 e. The van der Waals surface area contributed by atoms with E-state index in [-0.39, 0.29) is 11.9 Å². The molecule has 2 N–H and O–H groups in total. The summed E-state index contributed by atoms with van der Waals surface area (Å²) in [5.74, 6) is 2.05. The molecule has 26 heavy (non-hydrogen) atoms. The molecule has 1 heterocycles. The number of amides is 1. The van der Waals surface area contributed by atoms with Crippen molar-refractivity contribution in [3.8, 4) is 0 Å². The van der Waals surface area contributed by atoms with Crippen LogP contribution in [0.5, 0.6) is 0 Å². The number of nitrogens with one attached hydrogen (secondary N) is 2. The summed E-state index contributed by atoms with van der Waals surface area (Å²) in [7, 11) is 0. The van der Waals surface area contributed by atoms with Gasteiger partial charge in [-0.15, -0.1) is 0 Å². The van der Waals surface area contributed by atoms with Gasteiger partial charge in [-0.2, -0.15) is 0 Å². The third-order valence-electron chi connectivity index (χ3n) is 6.35. The van der Waals surface area contributed by atoms with Gasteiger partial charge in [-0.05, 0) is 69.1 Å². The van der Waals surface area contributed by atoms with Crippen molar-refractivity contribution in [2.24, 2.45) is 17.8 Å². The molecule has 2 aliphatic rings. The van der Waals surface area contributed by atoms with E-state index in [9.17, 15) is 14.4 Å². The highest BCUT2D eigenvalue weighted by Crippen LogP contribution is 2.49. The summed E-state index contributed by atoms with van der Waals surface area (Å²) >= 11 is 0. The Morgan fingerprint density at radius 3 is 2.77 bits per heavy atom. The van der Waals surface area contributed by atoms with Crippen LogP contribution in [0.3, 0.4) is 0 Å². The van der Waals surface area contributed by atoms with Crippen LogP contribution in [0.2, 0.25) is 0 Å². The van der Waals surface area contributed by atoms with Crippen molar-refractivity contribution in [2.75, 3.05) is 0 Å². The lowest BCUT2D eigenvalue weighted by atomic mass is 9.84. The Morgan fingerprint density at radius 1 is 1.31 bits per heavy atom. The molecule has 6 heteroatoms. The summed E-state index contributed by atoms with van der Waals surface area (Å²) in [5.41, 5.74) is 0.422. The highest BCUT2D eigenvalue weighted by atomic mass is 16.2. The van der Waals surface area contributed by atoms with Gasteiger partial charge in [0.25, 0.3) is 5.91 Å². The van der Waals surface area contributed by atoms with Gasteiger partial charge in [0.15, 0.2) is 0 Å². The van der Waals surface area contributed by atoms with Crippen molar-refractivity contribution >= 4 is 16.9 Å². The molecule has 1 amide bonds. The number of hydrogen-bond donors (Lipinski definition) is 2. The number of aromatic amines is 1. The van der Waals surface area contributed by atoms with Crippen molar-refractivity contribution in [2.45, 2.75) is 52.1 Å². The highest BCUT2D eigenvalue weighted by molar-refractivity contribution is 5.97. The molecule has 6 nitrogen and oxygen atoms in total. The van der Waals surface area contributed by atoms with Gasteiger partial charge in [0, 0.05) is 18.2 Å². The molecule has 4 rings (SSSR count). The fourth-order valence-corrected chi connectivity index (χ4v) is 5.04. The standard InChI is InChI=1S/C20H25N3O3/c1-3-23-17-7-6-14(10-16(17)22-19(25)20(23)26)18(24)21-11(2)15-9-12-4-5-13(15)8-12/h6-7,10-13,15H,3-5,8-9H2,1-2H3,(H,21,24)(H,22,25)/t11-,12-,13-,15-/m0/s1. The lowest BCUT2D eigenvalue weighted by Crippen LogP contribution is -2.40. The molecule has 2 fully saturated rings. The fourth-order valence-electron chi connectivity index (χ4n) is 5.04. The van der Waals surface area contributed by atoms with Crippen LogP contribution in [0.15, 0.2) is 27.8 Å².